The quantitative estimate of drug-likeness (QED) is 0.759. The third kappa shape index (κ3) is 5.37. The molecule has 0 spiro atoms. The Hall–Kier alpha value is -2.70. The van der Waals surface area contributed by atoms with Gasteiger partial charge in [-0.15, -0.1) is 0 Å². The van der Waals surface area contributed by atoms with Crippen LogP contribution in [0, 0.1) is 13.8 Å². The van der Waals surface area contributed by atoms with E-state index in [0.717, 1.165) is 74.5 Å². The van der Waals surface area contributed by atoms with Crippen molar-refractivity contribution in [3.05, 3.63) is 65.2 Å². The number of aryl methyl sites for hydroxylation is 2. The maximum atomic E-state index is 13.5. The van der Waals surface area contributed by atoms with Crippen LogP contribution in [0.15, 0.2) is 48.5 Å². The van der Waals surface area contributed by atoms with Gasteiger partial charge in [-0.25, -0.2) is 0 Å². The SMILES string of the molecule is Cc1ccc(C)c(NC(=O)[C@H](c2ccccc2)N2CCN(CC(=O)N3CCCC3)CC2)c1. The summed E-state index contributed by atoms with van der Waals surface area (Å²) in [6.07, 6.45) is 2.24. The van der Waals surface area contributed by atoms with Crippen LogP contribution in [0.2, 0.25) is 0 Å². The fourth-order valence-corrected chi connectivity index (χ4v) is 4.67. The Morgan fingerprint density at radius 1 is 0.906 bits per heavy atom. The summed E-state index contributed by atoms with van der Waals surface area (Å²) in [5.74, 6) is 0.231. The first kappa shape index (κ1) is 22.5. The van der Waals surface area contributed by atoms with Crippen molar-refractivity contribution >= 4 is 17.5 Å². The molecule has 2 aliphatic heterocycles. The molecule has 0 bridgehead atoms. The number of rotatable bonds is 6. The van der Waals surface area contributed by atoms with Crippen molar-refractivity contribution in [1.29, 1.82) is 0 Å². The van der Waals surface area contributed by atoms with Crippen LogP contribution in [-0.4, -0.2) is 72.3 Å². The Kier molecular flexibility index (Phi) is 7.22. The van der Waals surface area contributed by atoms with Gasteiger partial charge in [0.15, 0.2) is 0 Å². The molecule has 0 unspecified atom stereocenters. The van der Waals surface area contributed by atoms with Crippen LogP contribution in [0.4, 0.5) is 5.69 Å². The van der Waals surface area contributed by atoms with Crippen molar-refractivity contribution in [2.75, 3.05) is 51.1 Å². The zero-order chi connectivity index (χ0) is 22.5. The predicted molar refractivity (Wildman–Crippen MR) is 128 cm³/mol. The molecule has 6 heteroatoms. The minimum absolute atomic E-state index is 0.00788. The minimum Gasteiger partial charge on any atom is -0.342 e. The first-order valence-corrected chi connectivity index (χ1v) is 11.7. The third-order valence-corrected chi connectivity index (χ3v) is 6.60. The highest BCUT2D eigenvalue weighted by atomic mass is 16.2. The van der Waals surface area contributed by atoms with Gasteiger partial charge >= 0.3 is 0 Å². The number of hydrogen-bond donors (Lipinski definition) is 1. The van der Waals surface area contributed by atoms with E-state index in [4.69, 9.17) is 0 Å². The number of likely N-dealkylation sites (tertiary alicyclic amines) is 1. The summed E-state index contributed by atoms with van der Waals surface area (Å²) in [5, 5.41) is 3.17. The van der Waals surface area contributed by atoms with Crippen LogP contribution in [0.5, 0.6) is 0 Å². The molecule has 6 nitrogen and oxygen atoms in total. The second kappa shape index (κ2) is 10.3. The Morgan fingerprint density at radius 3 is 2.28 bits per heavy atom. The van der Waals surface area contributed by atoms with Crippen molar-refractivity contribution in [2.24, 2.45) is 0 Å². The number of benzene rings is 2. The molecular weight excluding hydrogens is 400 g/mol. The van der Waals surface area contributed by atoms with Crippen molar-refractivity contribution in [1.82, 2.24) is 14.7 Å². The van der Waals surface area contributed by atoms with Crippen molar-refractivity contribution in [2.45, 2.75) is 32.7 Å². The van der Waals surface area contributed by atoms with E-state index in [1.165, 1.54) is 0 Å². The second-order valence-corrected chi connectivity index (χ2v) is 9.02. The highest BCUT2D eigenvalue weighted by molar-refractivity contribution is 5.96. The van der Waals surface area contributed by atoms with E-state index >= 15 is 0 Å². The highest BCUT2D eigenvalue weighted by Gasteiger charge is 2.31. The van der Waals surface area contributed by atoms with Gasteiger partial charge in [-0.3, -0.25) is 19.4 Å². The number of amides is 2. The molecule has 0 aromatic heterocycles. The molecule has 2 amide bonds. The number of carbonyl (C=O) groups is 2. The average molecular weight is 435 g/mol. The monoisotopic (exact) mass is 434 g/mol. The smallest absolute Gasteiger partial charge is 0.246 e. The zero-order valence-electron chi connectivity index (χ0n) is 19.2. The molecule has 2 aromatic rings. The lowest BCUT2D eigenvalue weighted by atomic mass is 10.0. The standard InChI is InChI=1S/C26H34N4O2/c1-20-10-11-21(2)23(18-20)27-26(32)25(22-8-4-3-5-9-22)30-16-14-28(15-17-30)19-24(31)29-12-6-7-13-29/h3-5,8-11,18,25H,6-7,12-17,19H2,1-2H3,(H,27,32)/t25-/m0/s1. The summed E-state index contributed by atoms with van der Waals surface area (Å²) in [7, 11) is 0. The summed E-state index contributed by atoms with van der Waals surface area (Å²) in [5.41, 5.74) is 4.04. The summed E-state index contributed by atoms with van der Waals surface area (Å²) >= 11 is 0. The maximum Gasteiger partial charge on any atom is 0.246 e. The molecule has 2 aromatic carbocycles. The Labute approximate surface area is 191 Å². The first-order valence-electron chi connectivity index (χ1n) is 11.7. The number of anilines is 1. The molecule has 32 heavy (non-hydrogen) atoms. The minimum atomic E-state index is -0.354. The predicted octanol–water partition coefficient (Wildman–Crippen LogP) is 3.22. The lowest BCUT2D eigenvalue weighted by molar-refractivity contribution is -0.132. The highest BCUT2D eigenvalue weighted by Crippen LogP contribution is 2.26. The molecular formula is C26H34N4O2. The van der Waals surface area contributed by atoms with Crippen molar-refractivity contribution in [3.8, 4) is 0 Å². The molecule has 0 radical (unpaired) electrons. The zero-order valence-corrected chi connectivity index (χ0v) is 19.2. The van der Waals surface area contributed by atoms with Gasteiger partial charge in [0.05, 0.1) is 6.54 Å². The van der Waals surface area contributed by atoms with Gasteiger partial charge in [0.1, 0.15) is 6.04 Å². The summed E-state index contributed by atoms with van der Waals surface area (Å²) in [6.45, 7) is 9.42. The number of piperazine rings is 1. The second-order valence-electron chi connectivity index (χ2n) is 9.02. The van der Waals surface area contributed by atoms with E-state index in [0.29, 0.717) is 6.54 Å². The summed E-state index contributed by atoms with van der Waals surface area (Å²) in [4.78, 5) is 32.5. The molecule has 2 aliphatic rings. The Balaban J connectivity index is 1.44. The van der Waals surface area contributed by atoms with E-state index in [9.17, 15) is 9.59 Å². The first-order chi connectivity index (χ1) is 15.5. The van der Waals surface area contributed by atoms with Crippen LogP contribution in [0.3, 0.4) is 0 Å². The fourth-order valence-electron chi connectivity index (χ4n) is 4.67. The van der Waals surface area contributed by atoms with E-state index in [1.54, 1.807) is 0 Å². The molecule has 2 heterocycles. The van der Waals surface area contributed by atoms with Crippen LogP contribution >= 0.6 is 0 Å². The van der Waals surface area contributed by atoms with Gasteiger partial charge in [-0.2, -0.15) is 0 Å². The third-order valence-electron chi connectivity index (χ3n) is 6.60. The van der Waals surface area contributed by atoms with Gasteiger partial charge in [-0.1, -0.05) is 42.5 Å². The largest absolute Gasteiger partial charge is 0.342 e. The van der Waals surface area contributed by atoms with Gasteiger partial charge in [0.2, 0.25) is 11.8 Å². The Bertz CT molecular complexity index is 932. The van der Waals surface area contributed by atoms with E-state index < -0.39 is 0 Å². The van der Waals surface area contributed by atoms with Gasteiger partial charge in [0, 0.05) is 45.0 Å². The fraction of sp³-hybridized carbons (Fsp3) is 0.462. The molecule has 0 saturated carbocycles. The number of nitrogens with zero attached hydrogens (tertiary/aromatic N) is 3. The molecule has 0 aliphatic carbocycles. The van der Waals surface area contributed by atoms with Gasteiger partial charge in [-0.05, 0) is 49.4 Å². The van der Waals surface area contributed by atoms with Crippen molar-refractivity contribution in [3.63, 3.8) is 0 Å². The topological polar surface area (TPSA) is 55.9 Å². The lowest BCUT2D eigenvalue weighted by Crippen LogP contribution is -2.52. The van der Waals surface area contributed by atoms with Crippen LogP contribution in [0.1, 0.15) is 35.6 Å². The Morgan fingerprint density at radius 2 is 1.59 bits per heavy atom. The van der Waals surface area contributed by atoms with E-state index in [-0.39, 0.29) is 17.9 Å². The normalized spacial score (nSPS) is 18.5. The van der Waals surface area contributed by atoms with Crippen molar-refractivity contribution < 1.29 is 9.59 Å². The maximum absolute atomic E-state index is 13.5. The molecule has 2 fully saturated rings. The summed E-state index contributed by atoms with van der Waals surface area (Å²) < 4.78 is 0. The lowest BCUT2D eigenvalue weighted by Gasteiger charge is -2.39. The molecule has 1 atom stereocenters. The average Bonchev–Trinajstić information content (AvgIpc) is 3.34. The van der Waals surface area contributed by atoms with E-state index in [2.05, 4.69) is 21.2 Å². The van der Waals surface area contributed by atoms with Gasteiger partial charge < -0.3 is 10.2 Å². The molecule has 4 rings (SSSR count). The number of carbonyl (C=O) groups excluding carboxylic acids is 2. The van der Waals surface area contributed by atoms with Gasteiger partial charge in [0.25, 0.3) is 0 Å². The summed E-state index contributed by atoms with van der Waals surface area (Å²) in [6, 6.07) is 15.8. The van der Waals surface area contributed by atoms with E-state index in [1.807, 2.05) is 61.2 Å². The molecule has 2 saturated heterocycles. The molecule has 170 valence electrons. The van der Waals surface area contributed by atoms with Crippen LogP contribution in [-0.2, 0) is 9.59 Å². The number of nitrogens with one attached hydrogen (secondary N) is 1. The van der Waals surface area contributed by atoms with Crippen LogP contribution in [0.25, 0.3) is 0 Å². The number of hydrogen-bond acceptors (Lipinski definition) is 4. The molecule has 1 N–H and O–H groups in total. The van der Waals surface area contributed by atoms with Crippen LogP contribution < -0.4 is 5.32 Å².